The Hall–Kier alpha value is 0. The normalized spacial score (nSPS) is 55.4. The summed E-state index contributed by atoms with van der Waals surface area (Å²) in [4.78, 5) is 0. The summed E-state index contributed by atoms with van der Waals surface area (Å²) in [6.45, 7) is 15.7. The van der Waals surface area contributed by atoms with E-state index < -0.39 is 0 Å². The lowest BCUT2D eigenvalue weighted by Gasteiger charge is -2.46. The minimum Gasteiger partial charge on any atom is -0.0625 e. The molecule has 4 rings (SSSR count). The van der Waals surface area contributed by atoms with Crippen molar-refractivity contribution in [2.45, 2.75) is 80.1 Å². The van der Waals surface area contributed by atoms with Crippen LogP contribution >= 0.6 is 0 Å². The van der Waals surface area contributed by atoms with Crippen LogP contribution in [0.4, 0.5) is 0 Å². The Balaban J connectivity index is 1.76. The Morgan fingerprint density at radius 1 is 0.591 bits per heavy atom. The monoisotopic (exact) mass is 302 g/mol. The first-order valence-electron chi connectivity index (χ1n) is 10.2. The fraction of sp³-hybridized carbons (Fsp3) is 1.00. The highest BCUT2D eigenvalue weighted by molar-refractivity contribution is 5.16. The van der Waals surface area contributed by atoms with Gasteiger partial charge in [-0.3, -0.25) is 0 Å². The van der Waals surface area contributed by atoms with Gasteiger partial charge in [0.25, 0.3) is 0 Å². The van der Waals surface area contributed by atoms with Crippen LogP contribution in [0.15, 0.2) is 0 Å². The summed E-state index contributed by atoms with van der Waals surface area (Å²) >= 11 is 0. The molecular weight excluding hydrogens is 264 g/mol. The predicted octanol–water partition coefficient (Wildman–Crippen LogP) is 6.40. The van der Waals surface area contributed by atoms with Crippen LogP contribution in [0, 0.1) is 58.2 Å². The first-order chi connectivity index (χ1) is 10.2. The number of fused-ring (bicyclic) bond motifs is 5. The molecule has 0 spiro atoms. The van der Waals surface area contributed by atoms with E-state index in [0.717, 1.165) is 47.3 Å². The van der Waals surface area contributed by atoms with E-state index in [-0.39, 0.29) is 0 Å². The van der Waals surface area contributed by atoms with Gasteiger partial charge in [-0.1, -0.05) is 54.4 Å². The third-order valence-electron chi connectivity index (χ3n) is 9.26. The van der Waals surface area contributed by atoms with Crippen molar-refractivity contribution in [3.8, 4) is 0 Å². The van der Waals surface area contributed by atoms with Gasteiger partial charge in [-0.2, -0.15) is 0 Å². The van der Waals surface area contributed by atoms with E-state index in [2.05, 4.69) is 41.5 Å². The van der Waals surface area contributed by atoms with E-state index in [4.69, 9.17) is 0 Å². The van der Waals surface area contributed by atoms with Gasteiger partial charge in [0.15, 0.2) is 0 Å². The Morgan fingerprint density at radius 3 is 1.32 bits per heavy atom. The van der Waals surface area contributed by atoms with Crippen molar-refractivity contribution < 1.29 is 0 Å². The molecule has 0 aromatic heterocycles. The molecule has 4 aliphatic rings. The molecule has 4 saturated carbocycles. The summed E-state index contributed by atoms with van der Waals surface area (Å²) in [5.74, 6) is 8.14. The number of hydrogen-bond acceptors (Lipinski definition) is 0. The highest BCUT2D eigenvalue weighted by Gasteiger charge is 2.68. The quantitative estimate of drug-likeness (QED) is 0.485. The van der Waals surface area contributed by atoms with Crippen LogP contribution in [0.25, 0.3) is 0 Å². The Kier molecular flexibility index (Phi) is 3.36. The maximum Gasteiger partial charge on any atom is -0.0289 e. The van der Waals surface area contributed by atoms with Gasteiger partial charge in [0.1, 0.15) is 0 Å². The standard InChI is InChI=1S/C22H38/c1-13-7-9-17-15(11-13)19-20(21(17,3)4)16-12-14(2)8-10-18(16)22(19,5)6/h13-20H,7-12H2,1-6H3. The number of rotatable bonds is 0. The fourth-order valence-corrected chi connectivity index (χ4v) is 8.55. The van der Waals surface area contributed by atoms with Gasteiger partial charge >= 0.3 is 0 Å². The third kappa shape index (κ3) is 1.88. The molecule has 4 aliphatic carbocycles. The largest absolute Gasteiger partial charge is 0.0625 e. The second-order valence-corrected chi connectivity index (χ2v) is 11.1. The van der Waals surface area contributed by atoms with E-state index in [0.29, 0.717) is 10.8 Å². The molecular formula is C22H38. The third-order valence-corrected chi connectivity index (χ3v) is 9.26. The minimum absolute atomic E-state index is 0.600. The maximum atomic E-state index is 2.67. The molecule has 0 saturated heterocycles. The smallest absolute Gasteiger partial charge is 0.0289 e. The molecule has 22 heavy (non-hydrogen) atoms. The predicted molar refractivity (Wildman–Crippen MR) is 94.5 cm³/mol. The lowest BCUT2D eigenvalue weighted by atomic mass is 9.59. The average Bonchev–Trinajstić information content (AvgIpc) is 2.79. The molecule has 8 unspecified atom stereocenters. The van der Waals surface area contributed by atoms with Gasteiger partial charge in [0.05, 0.1) is 0 Å². The van der Waals surface area contributed by atoms with Crippen molar-refractivity contribution in [1.82, 2.24) is 0 Å². The summed E-state index contributed by atoms with van der Waals surface area (Å²) in [6.07, 6.45) is 9.11. The van der Waals surface area contributed by atoms with Crippen LogP contribution in [0.1, 0.15) is 80.1 Å². The van der Waals surface area contributed by atoms with E-state index in [1.54, 1.807) is 0 Å². The summed E-state index contributed by atoms with van der Waals surface area (Å²) in [5, 5.41) is 0. The average molecular weight is 303 g/mol. The lowest BCUT2D eigenvalue weighted by Crippen LogP contribution is -2.39. The van der Waals surface area contributed by atoms with Crippen LogP contribution in [0.2, 0.25) is 0 Å². The molecule has 0 aliphatic heterocycles. The van der Waals surface area contributed by atoms with Crippen molar-refractivity contribution in [3.05, 3.63) is 0 Å². The molecule has 0 nitrogen and oxygen atoms in total. The van der Waals surface area contributed by atoms with E-state index >= 15 is 0 Å². The van der Waals surface area contributed by atoms with Gasteiger partial charge in [-0.05, 0) is 83.9 Å². The fourth-order valence-electron chi connectivity index (χ4n) is 8.55. The molecule has 0 aromatic carbocycles. The Bertz CT molecular complexity index is 403. The molecule has 0 amide bonds. The molecule has 0 heteroatoms. The van der Waals surface area contributed by atoms with Crippen molar-refractivity contribution in [1.29, 1.82) is 0 Å². The SMILES string of the molecule is CC1CCC2C(C1)C1C(C3CC(C)CCC3C1(C)C)C2(C)C. The summed E-state index contributed by atoms with van der Waals surface area (Å²) in [5.41, 5.74) is 1.20. The zero-order valence-electron chi connectivity index (χ0n) is 15.9. The second-order valence-electron chi connectivity index (χ2n) is 11.1. The highest BCUT2D eigenvalue weighted by atomic mass is 14.7. The van der Waals surface area contributed by atoms with Gasteiger partial charge in [-0.15, -0.1) is 0 Å². The van der Waals surface area contributed by atoms with Crippen LogP contribution in [0.5, 0.6) is 0 Å². The van der Waals surface area contributed by atoms with Crippen LogP contribution < -0.4 is 0 Å². The molecule has 0 aromatic rings. The summed E-state index contributed by atoms with van der Waals surface area (Å²) in [7, 11) is 0. The molecule has 126 valence electrons. The second kappa shape index (κ2) is 4.76. The first kappa shape index (κ1) is 15.5. The minimum atomic E-state index is 0.600. The molecule has 0 bridgehead atoms. The van der Waals surface area contributed by atoms with Gasteiger partial charge in [0, 0.05) is 0 Å². The lowest BCUT2D eigenvalue weighted by molar-refractivity contribution is 0.0288. The zero-order valence-corrected chi connectivity index (χ0v) is 15.9. The first-order valence-corrected chi connectivity index (χ1v) is 10.2. The Morgan fingerprint density at radius 2 is 0.955 bits per heavy atom. The molecule has 0 heterocycles. The molecule has 8 atom stereocenters. The van der Waals surface area contributed by atoms with Crippen molar-refractivity contribution in [2.75, 3.05) is 0 Å². The molecule has 0 radical (unpaired) electrons. The summed E-state index contributed by atoms with van der Waals surface area (Å²) in [6, 6.07) is 0. The van der Waals surface area contributed by atoms with Gasteiger partial charge < -0.3 is 0 Å². The van der Waals surface area contributed by atoms with Crippen molar-refractivity contribution in [2.24, 2.45) is 58.2 Å². The van der Waals surface area contributed by atoms with E-state index in [1.807, 2.05) is 0 Å². The van der Waals surface area contributed by atoms with E-state index in [1.165, 1.54) is 38.5 Å². The summed E-state index contributed by atoms with van der Waals surface area (Å²) < 4.78 is 0. The van der Waals surface area contributed by atoms with Crippen LogP contribution in [-0.2, 0) is 0 Å². The van der Waals surface area contributed by atoms with Gasteiger partial charge in [0.2, 0.25) is 0 Å². The zero-order chi connectivity index (χ0) is 15.9. The van der Waals surface area contributed by atoms with E-state index in [9.17, 15) is 0 Å². The highest BCUT2D eigenvalue weighted by Crippen LogP contribution is 2.74. The maximum absolute atomic E-state index is 2.67. The van der Waals surface area contributed by atoms with Crippen molar-refractivity contribution in [3.63, 3.8) is 0 Å². The topological polar surface area (TPSA) is 0 Å². The molecule has 4 fully saturated rings. The van der Waals surface area contributed by atoms with Crippen LogP contribution in [-0.4, -0.2) is 0 Å². The Labute approximate surface area is 138 Å². The number of hydrogen-bond donors (Lipinski definition) is 0. The van der Waals surface area contributed by atoms with Crippen LogP contribution in [0.3, 0.4) is 0 Å². The van der Waals surface area contributed by atoms with Crippen molar-refractivity contribution >= 4 is 0 Å². The molecule has 0 N–H and O–H groups in total. The van der Waals surface area contributed by atoms with Gasteiger partial charge in [-0.25, -0.2) is 0 Å².